The third kappa shape index (κ3) is 3.81. The molecule has 1 aliphatic rings. The maximum absolute atomic E-state index is 5.08. The average molecular weight is 197 g/mol. The van der Waals surface area contributed by atoms with Crippen LogP contribution >= 0.6 is 0 Å². The number of allylic oxidation sites excluding steroid dienone is 1. The van der Waals surface area contributed by atoms with Gasteiger partial charge in [-0.1, -0.05) is 11.6 Å². The monoisotopic (exact) mass is 197 g/mol. The number of nitrogens with one attached hydrogen (secondary N) is 1. The fourth-order valence-corrected chi connectivity index (χ4v) is 2.13. The van der Waals surface area contributed by atoms with Crippen molar-refractivity contribution in [1.82, 2.24) is 5.32 Å². The summed E-state index contributed by atoms with van der Waals surface area (Å²) < 4.78 is 5.08. The Bertz CT molecular complexity index is 177. The highest BCUT2D eigenvalue weighted by molar-refractivity contribution is 5.12. The zero-order chi connectivity index (χ0) is 10.2. The van der Waals surface area contributed by atoms with Gasteiger partial charge in [0.1, 0.15) is 0 Å². The van der Waals surface area contributed by atoms with Crippen molar-refractivity contribution in [3.63, 3.8) is 0 Å². The molecule has 1 aliphatic carbocycles. The molecule has 2 heteroatoms. The van der Waals surface area contributed by atoms with E-state index >= 15 is 0 Å². The summed E-state index contributed by atoms with van der Waals surface area (Å²) in [4.78, 5) is 0. The Morgan fingerprint density at radius 1 is 1.50 bits per heavy atom. The van der Waals surface area contributed by atoms with E-state index in [4.69, 9.17) is 4.74 Å². The number of likely N-dealkylation sites (N-methyl/N-ethyl adjacent to an activating group) is 1. The van der Waals surface area contributed by atoms with Crippen LogP contribution in [-0.2, 0) is 4.74 Å². The van der Waals surface area contributed by atoms with Crippen molar-refractivity contribution in [1.29, 1.82) is 0 Å². The summed E-state index contributed by atoms with van der Waals surface area (Å²) in [7, 11) is 3.83. The van der Waals surface area contributed by atoms with Crippen LogP contribution in [0.25, 0.3) is 0 Å². The normalized spacial score (nSPS) is 19.1. The Morgan fingerprint density at radius 2 is 2.36 bits per heavy atom. The molecule has 1 unspecified atom stereocenters. The smallest absolute Gasteiger partial charge is 0.0462 e. The Kier molecular flexibility index (Phi) is 5.88. The Morgan fingerprint density at radius 3 is 2.93 bits per heavy atom. The van der Waals surface area contributed by atoms with Crippen molar-refractivity contribution < 1.29 is 4.74 Å². The molecule has 0 radical (unpaired) electrons. The molecule has 0 saturated heterocycles. The van der Waals surface area contributed by atoms with Crippen molar-refractivity contribution in [2.24, 2.45) is 0 Å². The van der Waals surface area contributed by atoms with E-state index in [1.54, 1.807) is 12.7 Å². The van der Waals surface area contributed by atoms with Gasteiger partial charge in [-0.3, -0.25) is 0 Å². The van der Waals surface area contributed by atoms with Crippen molar-refractivity contribution in [2.45, 2.75) is 44.6 Å². The minimum atomic E-state index is 0.588. The molecule has 82 valence electrons. The highest BCUT2D eigenvalue weighted by atomic mass is 16.5. The van der Waals surface area contributed by atoms with Crippen LogP contribution in [0.5, 0.6) is 0 Å². The van der Waals surface area contributed by atoms with Gasteiger partial charge in [-0.2, -0.15) is 0 Å². The van der Waals surface area contributed by atoms with Crippen molar-refractivity contribution >= 4 is 0 Å². The van der Waals surface area contributed by atoms with E-state index in [-0.39, 0.29) is 0 Å². The lowest BCUT2D eigenvalue weighted by atomic mass is 9.91. The van der Waals surface area contributed by atoms with E-state index < -0.39 is 0 Å². The molecule has 0 bridgehead atoms. The van der Waals surface area contributed by atoms with Crippen molar-refractivity contribution in [2.75, 3.05) is 20.8 Å². The number of rotatable bonds is 6. The van der Waals surface area contributed by atoms with Gasteiger partial charge in [-0.05, 0) is 45.6 Å². The standard InChI is InChI=1S/C12H23NO/c1-13-12(9-6-10-14-2)11-7-4-3-5-8-11/h7,12-13H,3-6,8-10H2,1-2H3. The lowest BCUT2D eigenvalue weighted by Crippen LogP contribution is -2.28. The zero-order valence-electron chi connectivity index (χ0n) is 9.51. The highest BCUT2D eigenvalue weighted by Gasteiger charge is 2.13. The van der Waals surface area contributed by atoms with Crippen molar-refractivity contribution in [3.8, 4) is 0 Å². The molecule has 1 rings (SSSR count). The molecular weight excluding hydrogens is 174 g/mol. The first-order valence-electron chi connectivity index (χ1n) is 5.73. The van der Waals surface area contributed by atoms with Gasteiger partial charge in [0.05, 0.1) is 0 Å². The molecule has 0 saturated carbocycles. The lowest BCUT2D eigenvalue weighted by Gasteiger charge is -2.22. The first-order valence-corrected chi connectivity index (χ1v) is 5.73. The molecule has 14 heavy (non-hydrogen) atoms. The van der Waals surface area contributed by atoms with Crippen LogP contribution in [0.15, 0.2) is 11.6 Å². The highest BCUT2D eigenvalue weighted by Crippen LogP contribution is 2.22. The maximum Gasteiger partial charge on any atom is 0.0462 e. The number of ether oxygens (including phenoxy) is 1. The van der Waals surface area contributed by atoms with Crippen LogP contribution in [0, 0.1) is 0 Å². The molecule has 0 aliphatic heterocycles. The number of hydrogen-bond acceptors (Lipinski definition) is 2. The summed E-state index contributed by atoms with van der Waals surface area (Å²) in [6.45, 7) is 0.880. The van der Waals surface area contributed by atoms with Gasteiger partial charge in [0.2, 0.25) is 0 Å². The lowest BCUT2D eigenvalue weighted by molar-refractivity contribution is 0.190. The van der Waals surface area contributed by atoms with Gasteiger partial charge in [0.25, 0.3) is 0 Å². The Labute approximate surface area is 87.7 Å². The summed E-state index contributed by atoms with van der Waals surface area (Å²) >= 11 is 0. The van der Waals surface area contributed by atoms with Gasteiger partial charge in [0.15, 0.2) is 0 Å². The fourth-order valence-electron chi connectivity index (χ4n) is 2.13. The van der Waals surface area contributed by atoms with E-state index in [9.17, 15) is 0 Å². The third-order valence-electron chi connectivity index (χ3n) is 2.96. The molecule has 0 fully saturated rings. The second kappa shape index (κ2) is 7.02. The largest absolute Gasteiger partial charge is 0.385 e. The minimum Gasteiger partial charge on any atom is -0.385 e. The van der Waals surface area contributed by atoms with E-state index in [0.29, 0.717) is 6.04 Å². The second-order valence-electron chi connectivity index (χ2n) is 4.00. The Hall–Kier alpha value is -0.340. The molecule has 1 N–H and O–H groups in total. The average Bonchev–Trinajstić information content (AvgIpc) is 2.26. The summed E-state index contributed by atoms with van der Waals surface area (Å²) in [5.41, 5.74) is 1.62. The summed E-state index contributed by atoms with van der Waals surface area (Å²) in [6, 6.07) is 0.588. The summed E-state index contributed by atoms with van der Waals surface area (Å²) in [5, 5.41) is 3.41. The van der Waals surface area contributed by atoms with Gasteiger partial charge in [-0.15, -0.1) is 0 Å². The third-order valence-corrected chi connectivity index (χ3v) is 2.96. The molecule has 0 heterocycles. The summed E-state index contributed by atoms with van der Waals surface area (Å²) in [6.07, 6.45) is 10.1. The second-order valence-corrected chi connectivity index (χ2v) is 4.00. The first-order chi connectivity index (χ1) is 6.88. The zero-order valence-corrected chi connectivity index (χ0v) is 9.51. The molecule has 0 aromatic carbocycles. The van der Waals surface area contributed by atoms with Gasteiger partial charge < -0.3 is 10.1 Å². The molecule has 0 spiro atoms. The topological polar surface area (TPSA) is 21.3 Å². The van der Waals surface area contributed by atoms with E-state index in [1.165, 1.54) is 32.1 Å². The molecule has 0 amide bonds. The Balaban J connectivity index is 2.32. The van der Waals surface area contributed by atoms with Crippen molar-refractivity contribution in [3.05, 3.63) is 11.6 Å². The summed E-state index contributed by atoms with van der Waals surface area (Å²) in [5.74, 6) is 0. The SMILES string of the molecule is CNC(CCCOC)C1=CCCCC1. The van der Waals surface area contributed by atoms with Crippen LogP contribution in [-0.4, -0.2) is 26.8 Å². The van der Waals surface area contributed by atoms with Crippen LogP contribution < -0.4 is 5.32 Å². The molecule has 0 aromatic rings. The van der Waals surface area contributed by atoms with Crippen LogP contribution in [0.3, 0.4) is 0 Å². The maximum atomic E-state index is 5.08. The van der Waals surface area contributed by atoms with Crippen LogP contribution in [0.2, 0.25) is 0 Å². The number of hydrogen-bond donors (Lipinski definition) is 1. The quantitative estimate of drug-likeness (QED) is 0.522. The van der Waals surface area contributed by atoms with Crippen LogP contribution in [0.1, 0.15) is 38.5 Å². The van der Waals surface area contributed by atoms with Gasteiger partial charge in [0, 0.05) is 19.8 Å². The fraction of sp³-hybridized carbons (Fsp3) is 0.833. The molecule has 1 atom stereocenters. The number of methoxy groups -OCH3 is 1. The predicted octanol–water partition coefficient (Wildman–Crippen LogP) is 2.50. The van der Waals surface area contributed by atoms with Gasteiger partial charge in [-0.25, -0.2) is 0 Å². The minimum absolute atomic E-state index is 0.588. The van der Waals surface area contributed by atoms with Crippen LogP contribution in [0.4, 0.5) is 0 Å². The van der Waals surface area contributed by atoms with Gasteiger partial charge >= 0.3 is 0 Å². The molecule has 2 nitrogen and oxygen atoms in total. The predicted molar refractivity (Wildman–Crippen MR) is 60.5 cm³/mol. The molecular formula is C12H23NO. The first kappa shape index (κ1) is 11.7. The van der Waals surface area contributed by atoms with E-state index in [1.807, 2.05) is 0 Å². The van der Waals surface area contributed by atoms with E-state index in [2.05, 4.69) is 18.4 Å². The van der Waals surface area contributed by atoms with E-state index in [0.717, 1.165) is 13.0 Å². The molecule has 0 aromatic heterocycles.